The first-order chi connectivity index (χ1) is 12.6. The van der Waals surface area contributed by atoms with Gasteiger partial charge in [0.1, 0.15) is 18.1 Å². The average molecular weight is 362 g/mol. The minimum absolute atomic E-state index is 0.0856. The van der Waals surface area contributed by atoms with Gasteiger partial charge in [-0.3, -0.25) is 4.79 Å². The lowest BCUT2D eigenvalue weighted by Crippen LogP contribution is -2.38. The maximum atomic E-state index is 12.7. The highest BCUT2D eigenvalue weighted by Crippen LogP contribution is 2.25. The van der Waals surface area contributed by atoms with Crippen molar-refractivity contribution in [1.29, 1.82) is 0 Å². The van der Waals surface area contributed by atoms with Crippen molar-refractivity contribution in [3.8, 4) is 5.75 Å². The number of benzene rings is 1. The second-order valence-corrected chi connectivity index (χ2v) is 6.08. The summed E-state index contributed by atoms with van der Waals surface area (Å²) >= 11 is 0. The number of hydrogen-bond acceptors (Lipinski definition) is 6. The van der Waals surface area contributed by atoms with E-state index in [9.17, 15) is 9.59 Å². The molecule has 3 N–H and O–H groups in total. The van der Waals surface area contributed by atoms with Gasteiger partial charge in [0.05, 0.1) is 25.5 Å². The Bertz CT molecular complexity index is 639. The molecule has 7 heteroatoms. The Balaban J connectivity index is 2.16. The number of esters is 1. The van der Waals surface area contributed by atoms with Crippen molar-refractivity contribution in [2.24, 2.45) is 0 Å². The number of para-hydroxylation sites is 2. The van der Waals surface area contributed by atoms with Gasteiger partial charge >= 0.3 is 5.97 Å². The molecule has 26 heavy (non-hydrogen) atoms. The molecule has 0 heterocycles. The first-order valence-electron chi connectivity index (χ1n) is 8.84. The summed E-state index contributed by atoms with van der Waals surface area (Å²) in [4.78, 5) is 24.3. The molecule has 0 radical (unpaired) electrons. The Labute approximate surface area is 153 Å². The Kier molecular flexibility index (Phi) is 7.95. The number of aliphatic hydroxyl groups is 1. The van der Waals surface area contributed by atoms with Crippen molar-refractivity contribution in [3.05, 3.63) is 36.0 Å². The molecule has 0 spiro atoms. The molecule has 0 unspecified atom stereocenters. The third kappa shape index (κ3) is 6.07. The van der Waals surface area contributed by atoms with Gasteiger partial charge in [-0.1, -0.05) is 31.4 Å². The topological polar surface area (TPSA) is 96.9 Å². The van der Waals surface area contributed by atoms with Crippen LogP contribution in [0.25, 0.3) is 0 Å². The van der Waals surface area contributed by atoms with Gasteiger partial charge in [0.15, 0.2) is 0 Å². The van der Waals surface area contributed by atoms with E-state index in [0.717, 1.165) is 31.8 Å². The molecule has 0 bridgehead atoms. The summed E-state index contributed by atoms with van der Waals surface area (Å²) in [5.74, 6) is -0.512. The molecule has 142 valence electrons. The Morgan fingerprint density at radius 3 is 2.65 bits per heavy atom. The largest absolute Gasteiger partial charge is 0.489 e. The number of carbonyl (C=O) groups is 2. The van der Waals surface area contributed by atoms with Gasteiger partial charge in [-0.2, -0.15) is 0 Å². The van der Waals surface area contributed by atoms with Crippen LogP contribution >= 0.6 is 0 Å². The molecule has 1 amide bonds. The zero-order valence-corrected chi connectivity index (χ0v) is 15.0. The first kappa shape index (κ1) is 19.8. The maximum Gasteiger partial charge on any atom is 0.332 e. The van der Waals surface area contributed by atoms with Gasteiger partial charge in [-0.05, 0) is 25.0 Å². The monoisotopic (exact) mass is 362 g/mol. The van der Waals surface area contributed by atoms with Crippen molar-refractivity contribution in [2.75, 3.05) is 25.6 Å². The number of rotatable bonds is 8. The zero-order valence-electron chi connectivity index (χ0n) is 15.0. The molecule has 1 aromatic carbocycles. The summed E-state index contributed by atoms with van der Waals surface area (Å²) in [7, 11) is 1.26. The number of methoxy groups -OCH3 is 1. The van der Waals surface area contributed by atoms with Crippen molar-refractivity contribution in [2.45, 2.75) is 38.1 Å². The standard InChI is InChI=1S/C19H26N2O5/c1-25-18(23)13-16(19(24)20-14-7-3-2-4-8-14)21-15-9-5-6-10-17(15)26-12-11-22/h5-6,9-10,13-14,21-22H,2-4,7-8,11-12H2,1H3,(H,20,24)/b16-13+. The van der Waals surface area contributed by atoms with Gasteiger partial charge in [0, 0.05) is 6.04 Å². The molecule has 1 saturated carbocycles. The first-order valence-corrected chi connectivity index (χ1v) is 8.84. The molecule has 7 nitrogen and oxygen atoms in total. The number of nitrogens with one attached hydrogen (secondary N) is 2. The summed E-state index contributed by atoms with van der Waals surface area (Å²) in [5.41, 5.74) is 0.609. The van der Waals surface area contributed by atoms with Crippen LogP contribution in [-0.4, -0.2) is 43.3 Å². The van der Waals surface area contributed by atoms with Gasteiger partial charge in [0.2, 0.25) is 0 Å². The van der Waals surface area contributed by atoms with E-state index in [1.54, 1.807) is 24.3 Å². The number of amides is 1. The van der Waals surface area contributed by atoms with E-state index in [2.05, 4.69) is 15.4 Å². The van der Waals surface area contributed by atoms with Crippen LogP contribution in [0.3, 0.4) is 0 Å². The fraction of sp³-hybridized carbons (Fsp3) is 0.474. The van der Waals surface area contributed by atoms with E-state index >= 15 is 0 Å². The van der Waals surface area contributed by atoms with E-state index < -0.39 is 5.97 Å². The Morgan fingerprint density at radius 2 is 1.96 bits per heavy atom. The maximum absolute atomic E-state index is 12.7. The van der Waals surface area contributed by atoms with Gasteiger partial charge < -0.3 is 25.2 Å². The van der Waals surface area contributed by atoms with Crippen LogP contribution in [0.15, 0.2) is 36.0 Å². The van der Waals surface area contributed by atoms with Crippen molar-refractivity contribution in [1.82, 2.24) is 5.32 Å². The van der Waals surface area contributed by atoms with E-state index in [0.29, 0.717) is 11.4 Å². The Morgan fingerprint density at radius 1 is 1.23 bits per heavy atom. The predicted molar refractivity (Wildman–Crippen MR) is 97.8 cm³/mol. The minimum atomic E-state index is -0.625. The highest BCUT2D eigenvalue weighted by atomic mass is 16.5. The van der Waals surface area contributed by atoms with Crippen LogP contribution in [0.4, 0.5) is 5.69 Å². The molecule has 2 rings (SSSR count). The predicted octanol–water partition coefficient (Wildman–Crippen LogP) is 1.98. The third-order valence-corrected chi connectivity index (χ3v) is 4.15. The van der Waals surface area contributed by atoms with Gasteiger partial charge in [0.25, 0.3) is 5.91 Å². The lowest BCUT2D eigenvalue weighted by molar-refractivity contribution is -0.135. The highest BCUT2D eigenvalue weighted by Gasteiger charge is 2.20. The molecule has 0 aliphatic heterocycles. The summed E-state index contributed by atoms with van der Waals surface area (Å²) < 4.78 is 10.1. The van der Waals surface area contributed by atoms with Crippen LogP contribution in [0, 0.1) is 0 Å². The van der Waals surface area contributed by atoms with Crippen LogP contribution in [0.2, 0.25) is 0 Å². The van der Waals surface area contributed by atoms with Crippen LogP contribution in [0.5, 0.6) is 5.75 Å². The third-order valence-electron chi connectivity index (χ3n) is 4.15. The molecule has 1 aliphatic rings. The summed E-state index contributed by atoms with van der Waals surface area (Å²) in [6, 6.07) is 7.12. The smallest absolute Gasteiger partial charge is 0.332 e. The number of aliphatic hydroxyl groups excluding tert-OH is 1. The number of ether oxygens (including phenoxy) is 2. The summed E-state index contributed by atoms with van der Waals surface area (Å²) in [6.45, 7) is 0.00434. The van der Waals surface area contributed by atoms with Crippen molar-refractivity contribution >= 4 is 17.6 Å². The highest BCUT2D eigenvalue weighted by molar-refractivity contribution is 6.02. The lowest BCUT2D eigenvalue weighted by atomic mass is 9.95. The van der Waals surface area contributed by atoms with E-state index in [1.807, 2.05) is 0 Å². The summed E-state index contributed by atoms with van der Waals surface area (Å²) in [6.07, 6.45) is 6.37. The van der Waals surface area contributed by atoms with Gasteiger partial charge in [-0.15, -0.1) is 0 Å². The lowest BCUT2D eigenvalue weighted by Gasteiger charge is -2.24. The fourth-order valence-electron chi connectivity index (χ4n) is 2.84. The average Bonchev–Trinajstić information content (AvgIpc) is 2.67. The molecule has 0 aromatic heterocycles. The summed E-state index contributed by atoms with van der Waals surface area (Å²) in [5, 5.41) is 14.9. The number of hydrogen-bond donors (Lipinski definition) is 3. The normalized spacial score (nSPS) is 15.2. The minimum Gasteiger partial charge on any atom is -0.489 e. The molecule has 1 fully saturated rings. The quantitative estimate of drug-likeness (QED) is 0.483. The van der Waals surface area contributed by atoms with E-state index in [1.165, 1.54) is 13.5 Å². The number of anilines is 1. The van der Waals surface area contributed by atoms with Crippen LogP contribution in [-0.2, 0) is 14.3 Å². The second-order valence-electron chi connectivity index (χ2n) is 6.08. The van der Waals surface area contributed by atoms with E-state index in [4.69, 9.17) is 9.84 Å². The van der Waals surface area contributed by atoms with Gasteiger partial charge in [-0.25, -0.2) is 4.79 Å². The van der Waals surface area contributed by atoms with E-state index in [-0.39, 0.29) is 30.9 Å². The molecule has 1 aromatic rings. The number of carbonyl (C=O) groups excluding carboxylic acids is 2. The molecule has 0 saturated heterocycles. The fourth-order valence-corrected chi connectivity index (χ4v) is 2.84. The zero-order chi connectivity index (χ0) is 18.8. The van der Waals surface area contributed by atoms with Crippen LogP contribution in [0.1, 0.15) is 32.1 Å². The molecule has 1 aliphatic carbocycles. The SMILES string of the molecule is COC(=O)/C=C(/Nc1ccccc1OCCO)C(=O)NC1CCCCC1. The van der Waals surface area contributed by atoms with Crippen molar-refractivity contribution in [3.63, 3.8) is 0 Å². The second kappa shape index (κ2) is 10.5. The molecule has 0 atom stereocenters. The van der Waals surface area contributed by atoms with Crippen molar-refractivity contribution < 1.29 is 24.2 Å². The molecular formula is C19H26N2O5. The van der Waals surface area contributed by atoms with Crippen LogP contribution < -0.4 is 15.4 Å². The molecular weight excluding hydrogens is 336 g/mol. The Hall–Kier alpha value is -2.54.